The fraction of sp³-hybridized carbons (Fsp3) is 0.389. The van der Waals surface area contributed by atoms with Gasteiger partial charge in [-0.3, -0.25) is 0 Å². The van der Waals surface area contributed by atoms with Crippen LogP contribution in [0.3, 0.4) is 0 Å². The van der Waals surface area contributed by atoms with Gasteiger partial charge in [0.15, 0.2) is 0 Å². The first-order valence-electron chi connectivity index (χ1n) is 8.01. The zero-order valence-electron chi connectivity index (χ0n) is 14.3. The maximum Gasteiger partial charge on any atom is 0.407 e. The third kappa shape index (κ3) is 5.22. The summed E-state index contributed by atoms with van der Waals surface area (Å²) < 4.78 is 9.98. The van der Waals surface area contributed by atoms with Gasteiger partial charge >= 0.3 is 12.1 Å². The van der Waals surface area contributed by atoms with E-state index in [1.807, 2.05) is 38.1 Å². The summed E-state index contributed by atoms with van der Waals surface area (Å²) in [4.78, 5) is 19.6. The van der Waals surface area contributed by atoms with E-state index in [-0.39, 0.29) is 6.04 Å². The number of hydrogen-bond acceptors (Lipinski definition) is 5. The molecule has 6 heteroatoms. The number of carbonyl (C=O) groups excluding carboxylic acids is 1. The third-order valence-electron chi connectivity index (χ3n) is 3.44. The minimum atomic E-state index is -0.415. The predicted molar refractivity (Wildman–Crippen MR) is 92.0 cm³/mol. The van der Waals surface area contributed by atoms with E-state index in [2.05, 4.69) is 20.0 Å². The smallest absolute Gasteiger partial charge is 0.407 e. The summed E-state index contributed by atoms with van der Waals surface area (Å²) in [5.41, 5.74) is 3.10. The van der Waals surface area contributed by atoms with Crippen molar-refractivity contribution in [3.63, 3.8) is 0 Å². The third-order valence-corrected chi connectivity index (χ3v) is 3.44. The van der Waals surface area contributed by atoms with E-state index in [9.17, 15) is 4.79 Å². The summed E-state index contributed by atoms with van der Waals surface area (Å²) in [6.45, 7) is 4.59. The molecule has 2 aromatic rings. The van der Waals surface area contributed by atoms with Crippen LogP contribution in [0.1, 0.15) is 25.8 Å². The van der Waals surface area contributed by atoms with Gasteiger partial charge in [0, 0.05) is 24.0 Å². The van der Waals surface area contributed by atoms with Gasteiger partial charge in [0.05, 0.1) is 13.7 Å². The molecule has 1 heterocycles. The largest absolute Gasteiger partial charge is 0.463 e. The Labute approximate surface area is 142 Å². The Morgan fingerprint density at radius 3 is 2.42 bits per heavy atom. The Kier molecular flexibility index (Phi) is 6.54. The Balaban J connectivity index is 1.97. The lowest BCUT2D eigenvalue weighted by atomic mass is 10.0. The Morgan fingerprint density at radius 2 is 1.83 bits per heavy atom. The molecule has 0 aliphatic carbocycles. The molecule has 0 fully saturated rings. The fourth-order valence-electron chi connectivity index (χ4n) is 2.23. The molecular weight excluding hydrogens is 306 g/mol. The number of rotatable bonds is 7. The molecule has 2 rings (SSSR count). The highest BCUT2D eigenvalue weighted by Crippen LogP contribution is 2.19. The fourth-order valence-corrected chi connectivity index (χ4v) is 2.23. The lowest BCUT2D eigenvalue weighted by Gasteiger charge is -2.13. The topological polar surface area (TPSA) is 73.3 Å². The van der Waals surface area contributed by atoms with E-state index in [0.717, 1.165) is 29.5 Å². The summed E-state index contributed by atoms with van der Waals surface area (Å²) in [6.07, 6.45) is 4.76. The van der Waals surface area contributed by atoms with Crippen molar-refractivity contribution in [2.45, 2.75) is 32.7 Å². The maximum absolute atomic E-state index is 11.2. The molecule has 0 aliphatic rings. The van der Waals surface area contributed by atoms with Crippen molar-refractivity contribution in [1.29, 1.82) is 0 Å². The Morgan fingerprint density at radius 1 is 1.17 bits per heavy atom. The molecule has 6 nitrogen and oxygen atoms in total. The zero-order chi connectivity index (χ0) is 17.4. The van der Waals surface area contributed by atoms with Gasteiger partial charge in [-0.1, -0.05) is 31.2 Å². The van der Waals surface area contributed by atoms with Crippen LogP contribution in [-0.2, 0) is 11.2 Å². The summed E-state index contributed by atoms with van der Waals surface area (Å²) in [6, 6.07) is 8.51. The van der Waals surface area contributed by atoms with E-state index in [0.29, 0.717) is 12.6 Å². The average molecular weight is 329 g/mol. The van der Waals surface area contributed by atoms with Crippen molar-refractivity contribution in [3.8, 4) is 17.1 Å². The quantitative estimate of drug-likeness (QED) is 0.844. The van der Waals surface area contributed by atoms with Crippen molar-refractivity contribution in [2.24, 2.45) is 0 Å². The molecule has 1 unspecified atom stereocenters. The van der Waals surface area contributed by atoms with Crippen molar-refractivity contribution in [2.75, 3.05) is 13.7 Å². The normalized spacial score (nSPS) is 11.6. The van der Waals surface area contributed by atoms with Crippen LogP contribution in [0.5, 0.6) is 6.01 Å². The lowest BCUT2D eigenvalue weighted by molar-refractivity contribution is 0.167. The first kappa shape index (κ1) is 17.7. The molecule has 1 aromatic carbocycles. The summed E-state index contributed by atoms with van der Waals surface area (Å²) in [7, 11) is 1.36. The van der Waals surface area contributed by atoms with Crippen molar-refractivity contribution >= 4 is 6.09 Å². The molecule has 0 bridgehead atoms. The number of aromatic nitrogens is 2. The maximum atomic E-state index is 11.2. The van der Waals surface area contributed by atoms with Crippen LogP contribution in [0.4, 0.5) is 4.79 Å². The van der Waals surface area contributed by atoms with Crippen LogP contribution in [-0.4, -0.2) is 35.8 Å². The molecule has 0 radical (unpaired) electrons. The Hall–Kier alpha value is -2.63. The van der Waals surface area contributed by atoms with Gasteiger partial charge in [0.1, 0.15) is 0 Å². The number of amides is 1. The van der Waals surface area contributed by atoms with Crippen molar-refractivity contribution < 1.29 is 14.3 Å². The lowest BCUT2D eigenvalue weighted by Crippen LogP contribution is -2.33. The van der Waals surface area contributed by atoms with Crippen LogP contribution in [0, 0.1) is 0 Å². The summed E-state index contributed by atoms with van der Waals surface area (Å²) in [5, 5.41) is 2.75. The van der Waals surface area contributed by atoms with Gasteiger partial charge < -0.3 is 14.8 Å². The zero-order valence-corrected chi connectivity index (χ0v) is 14.3. The number of nitrogens with one attached hydrogen (secondary N) is 1. The molecule has 1 atom stereocenters. The molecule has 24 heavy (non-hydrogen) atoms. The van der Waals surface area contributed by atoms with Gasteiger partial charge in [-0.15, -0.1) is 0 Å². The van der Waals surface area contributed by atoms with Crippen molar-refractivity contribution in [1.82, 2.24) is 15.3 Å². The number of carbonyl (C=O) groups is 1. The molecule has 1 N–H and O–H groups in total. The summed E-state index contributed by atoms with van der Waals surface area (Å²) in [5.74, 6) is 0. The van der Waals surface area contributed by atoms with E-state index in [1.165, 1.54) is 7.11 Å². The van der Waals surface area contributed by atoms with Crippen LogP contribution in [0.25, 0.3) is 11.1 Å². The standard InChI is InChI=1S/C18H23N3O3/c1-4-9-24-17-19-11-16(12-20-17)15-7-5-14(6-8-15)10-13(2)21-18(22)23-3/h5-8,11-13H,4,9-10H2,1-3H3,(H,21,22). The van der Waals surface area contributed by atoms with Gasteiger partial charge in [0.25, 0.3) is 0 Å². The van der Waals surface area contributed by atoms with E-state index < -0.39 is 6.09 Å². The highest BCUT2D eigenvalue weighted by atomic mass is 16.5. The predicted octanol–water partition coefficient (Wildman–Crippen LogP) is 3.22. The number of hydrogen-bond donors (Lipinski definition) is 1. The Bertz CT molecular complexity index is 642. The van der Waals surface area contributed by atoms with Crippen LogP contribution in [0.2, 0.25) is 0 Å². The van der Waals surface area contributed by atoms with E-state index in [1.54, 1.807) is 12.4 Å². The first-order chi connectivity index (χ1) is 11.6. The number of methoxy groups -OCH3 is 1. The molecule has 0 aliphatic heterocycles. The first-order valence-corrected chi connectivity index (χ1v) is 8.01. The van der Waals surface area contributed by atoms with Crippen LogP contribution < -0.4 is 10.1 Å². The van der Waals surface area contributed by atoms with Gasteiger partial charge in [-0.25, -0.2) is 14.8 Å². The van der Waals surface area contributed by atoms with Crippen molar-refractivity contribution in [3.05, 3.63) is 42.2 Å². The molecule has 0 saturated carbocycles. The second-order valence-electron chi connectivity index (χ2n) is 5.54. The second kappa shape index (κ2) is 8.86. The number of benzene rings is 1. The second-order valence-corrected chi connectivity index (χ2v) is 5.54. The minimum Gasteiger partial charge on any atom is -0.463 e. The number of nitrogens with zero attached hydrogens (tertiary/aromatic N) is 2. The van der Waals surface area contributed by atoms with Gasteiger partial charge in [0.2, 0.25) is 0 Å². The molecule has 1 aromatic heterocycles. The molecular formula is C18H23N3O3. The summed E-state index contributed by atoms with van der Waals surface area (Å²) >= 11 is 0. The molecule has 128 valence electrons. The van der Waals surface area contributed by atoms with Gasteiger partial charge in [-0.05, 0) is 30.9 Å². The van der Waals surface area contributed by atoms with Crippen LogP contribution >= 0.6 is 0 Å². The molecule has 1 amide bonds. The highest BCUT2D eigenvalue weighted by molar-refractivity contribution is 5.67. The minimum absolute atomic E-state index is 0.00151. The average Bonchev–Trinajstić information content (AvgIpc) is 2.61. The SMILES string of the molecule is CCCOc1ncc(-c2ccc(CC(C)NC(=O)OC)cc2)cn1. The number of alkyl carbamates (subject to hydrolysis) is 1. The molecule has 0 saturated heterocycles. The monoisotopic (exact) mass is 329 g/mol. The van der Waals surface area contributed by atoms with E-state index in [4.69, 9.17) is 4.74 Å². The van der Waals surface area contributed by atoms with Crippen LogP contribution in [0.15, 0.2) is 36.7 Å². The molecule has 0 spiro atoms. The highest BCUT2D eigenvalue weighted by Gasteiger charge is 2.08. The number of ether oxygens (including phenoxy) is 2. The van der Waals surface area contributed by atoms with Gasteiger partial charge in [-0.2, -0.15) is 0 Å². The van der Waals surface area contributed by atoms with E-state index >= 15 is 0 Å².